The lowest BCUT2D eigenvalue weighted by molar-refractivity contribution is -0.139. The molecular weight excluding hydrogens is 419 g/mol. The Bertz CT molecular complexity index is 1050. The summed E-state index contributed by atoms with van der Waals surface area (Å²) in [5, 5.41) is 11.8. The van der Waals surface area contributed by atoms with E-state index in [0.717, 1.165) is 5.56 Å². The average Bonchev–Trinajstić information content (AvgIpc) is 2.71. The van der Waals surface area contributed by atoms with Gasteiger partial charge in [0.25, 0.3) is 0 Å². The second-order valence-electron chi connectivity index (χ2n) is 6.96. The highest BCUT2D eigenvalue weighted by molar-refractivity contribution is 7.80. The van der Waals surface area contributed by atoms with Crippen LogP contribution in [0, 0.1) is 12.7 Å². The maximum Gasteiger partial charge on any atom is 0.338 e. The fourth-order valence-corrected chi connectivity index (χ4v) is 3.47. The number of allylic oxidation sites excluding steroid dienone is 1. The molecular formula is C22H23FN4O3S. The number of benzene rings is 2. The van der Waals surface area contributed by atoms with Crippen LogP contribution in [-0.4, -0.2) is 23.7 Å². The predicted molar refractivity (Wildman–Crippen MR) is 121 cm³/mol. The molecule has 3 rings (SSSR count). The Hall–Kier alpha value is -3.46. The normalized spacial score (nSPS) is 15.6. The number of ether oxygens (including phenoxy) is 1. The van der Waals surface area contributed by atoms with E-state index in [1.165, 1.54) is 12.1 Å². The summed E-state index contributed by atoms with van der Waals surface area (Å²) in [4.78, 5) is 24.7. The molecule has 0 saturated carbocycles. The monoisotopic (exact) mass is 442 g/mol. The molecule has 0 aliphatic carbocycles. The molecule has 2 aromatic rings. The van der Waals surface area contributed by atoms with Gasteiger partial charge in [0.05, 0.1) is 18.2 Å². The second kappa shape index (κ2) is 9.57. The third kappa shape index (κ3) is 5.37. The number of urea groups is 1. The largest absolute Gasteiger partial charge is 0.463 e. The van der Waals surface area contributed by atoms with Gasteiger partial charge in [0.2, 0.25) is 0 Å². The molecule has 31 heavy (non-hydrogen) atoms. The van der Waals surface area contributed by atoms with Crippen molar-refractivity contribution in [2.45, 2.75) is 26.8 Å². The molecule has 1 aliphatic heterocycles. The van der Waals surface area contributed by atoms with E-state index < -0.39 is 18.0 Å². The number of carbonyl (C=O) groups is 2. The summed E-state index contributed by atoms with van der Waals surface area (Å²) in [6.07, 6.45) is 0. The molecule has 0 spiro atoms. The van der Waals surface area contributed by atoms with Crippen LogP contribution in [0.5, 0.6) is 0 Å². The summed E-state index contributed by atoms with van der Waals surface area (Å²) >= 11 is 5.23. The number of amides is 2. The Morgan fingerprint density at radius 2 is 1.74 bits per heavy atom. The van der Waals surface area contributed by atoms with E-state index in [9.17, 15) is 14.0 Å². The fourth-order valence-electron chi connectivity index (χ4n) is 3.20. The first kappa shape index (κ1) is 22.2. The highest BCUT2D eigenvalue weighted by atomic mass is 32.1. The van der Waals surface area contributed by atoms with Crippen molar-refractivity contribution in [1.29, 1.82) is 0 Å². The number of carbonyl (C=O) groups excluding carboxylic acids is 2. The topological polar surface area (TPSA) is 91.5 Å². The van der Waals surface area contributed by atoms with Gasteiger partial charge in [-0.2, -0.15) is 0 Å². The zero-order valence-electron chi connectivity index (χ0n) is 17.3. The minimum absolute atomic E-state index is 0.262. The third-order valence-corrected chi connectivity index (χ3v) is 4.90. The molecule has 2 aromatic carbocycles. The van der Waals surface area contributed by atoms with Crippen LogP contribution < -0.4 is 21.3 Å². The van der Waals surface area contributed by atoms with Gasteiger partial charge in [0.1, 0.15) is 5.82 Å². The quantitative estimate of drug-likeness (QED) is 0.411. The molecule has 9 heteroatoms. The maximum absolute atomic E-state index is 13.4. The molecule has 1 aliphatic rings. The van der Waals surface area contributed by atoms with Crippen LogP contribution in [0.4, 0.5) is 20.6 Å². The number of hydrogen-bond donors (Lipinski definition) is 4. The zero-order valence-corrected chi connectivity index (χ0v) is 18.2. The highest BCUT2D eigenvalue weighted by Gasteiger charge is 2.30. The first-order chi connectivity index (χ1) is 14.8. The Morgan fingerprint density at radius 1 is 1.10 bits per heavy atom. The molecule has 0 aromatic heterocycles. The molecule has 1 heterocycles. The van der Waals surface area contributed by atoms with Crippen molar-refractivity contribution >= 4 is 40.7 Å². The average molecular weight is 443 g/mol. The maximum atomic E-state index is 13.4. The van der Waals surface area contributed by atoms with Crippen molar-refractivity contribution in [3.05, 3.63) is 70.7 Å². The minimum atomic E-state index is -0.474. The van der Waals surface area contributed by atoms with E-state index in [0.29, 0.717) is 33.3 Å². The Kier molecular flexibility index (Phi) is 6.86. The number of rotatable bonds is 5. The zero-order chi connectivity index (χ0) is 22.5. The summed E-state index contributed by atoms with van der Waals surface area (Å²) in [5.41, 5.74) is 3.33. The third-order valence-electron chi connectivity index (χ3n) is 4.68. The van der Waals surface area contributed by atoms with E-state index in [4.69, 9.17) is 17.0 Å². The molecule has 0 radical (unpaired) electrons. The lowest BCUT2D eigenvalue weighted by atomic mass is 9.95. The lowest BCUT2D eigenvalue weighted by Gasteiger charge is -2.29. The molecule has 162 valence electrons. The van der Waals surface area contributed by atoms with E-state index >= 15 is 0 Å². The first-order valence-corrected chi connectivity index (χ1v) is 10.1. The van der Waals surface area contributed by atoms with E-state index in [-0.39, 0.29) is 12.4 Å². The number of nitrogens with one attached hydrogen (secondary N) is 4. The first-order valence-electron chi connectivity index (χ1n) is 9.68. The van der Waals surface area contributed by atoms with Crippen LogP contribution in [-0.2, 0) is 9.53 Å². The molecule has 0 fully saturated rings. The summed E-state index contributed by atoms with van der Waals surface area (Å²) < 4.78 is 18.5. The summed E-state index contributed by atoms with van der Waals surface area (Å²) in [6, 6.07) is 10.4. The fraction of sp³-hybridized carbons (Fsp3) is 0.227. The van der Waals surface area contributed by atoms with Gasteiger partial charge >= 0.3 is 12.0 Å². The summed E-state index contributed by atoms with van der Waals surface area (Å²) in [6.45, 7) is 5.40. The van der Waals surface area contributed by atoms with Crippen LogP contribution in [0.15, 0.2) is 53.7 Å². The van der Waals surface area contributed by atoms with Crippen LogP contribution in [0.2, 0.25) is 0 Å². The molecule has 1 atom stereocenters. The Balaban J connectivity index is 1.73. The lowest BCUT2D eigenvalue weighted by Crippen LogP contribution is -2.45. The Morgan fingerprint density at radius 3 is 2.39 bits per heavy atom. The van der Waals surface area contributed by atoms with Crippen molar-refractivity contribution in [2.75, 3.05) is 17.2 Å². The van der Waals surface area contributed by atoms with Gasteiger partial charge < -0.3 is 26.0 Å². The molecule has 0 saturated heterocycles. The molecule has 2 amide bonds. The van der Waals surface area contributed by atoms with Crippen LogP contribution in [0.3, 0.4) is 0 Å². The smallest absolute Gasteiger partial charge is 0.338 e. The second-order valence-corrected chi connectivity index (χ2v) is 7.36. The van der Waals surface area contributed by atoms with E-state index in [1.807, 2.05) is 0 Å². The van der Waals surface area contributed by atoms with Crippen molar-refractivity contribution in [1.82, 2.24) is 10.6 Å². The summed E-state index contributed by atoms with van der Waals surface area (Å²) in [5.74, 6) is -0.761. The van der Waals surface area contributed by atoms with E-state index in [1.54, 1.807) is 51.1 Å². The summed E-state index contributed by atoms with van der Waals surface area (Å²) in [7, 11) is 0. The van der Waals surface area contributed by atoms with Crippen molar-refractivity contribution in [3.63, 3.8) is 0 Å². The van der Waals surface area contributed by atoms with Crippen molar-refractivity contribution < 1.29 is 18.7 Å². The Labute approximate surface area is 185 Å². The number of halogens is 1. The number of thiocarbonyl (C=S) groups is 1. The molecule has 7 nitrogen and oxygen atoms in total. The van der Waals surface area contributed by atoms with Gasteiger partial charge in [0, 0.05) is 17.1 Å². The highest BCUT2D eigenvalue weighted by Crippen LogP contribution is 2.28. The number of aryl methyl sites for hydroxylation is 1. The number of hydrogen-bond acceptors (Lipinski definition) is 4. The van der Waals surface area contributed by atoms with Crippen LogP contribution >= 0.6 is 12.2 Å². The number of esters is 1. The van der Waals surface area contributed by atoms with Gasteiger partial charge in [-0.25, -0.2) is 14.0 Å². The van der Waals surface area contributed by atoms with Gasteiger partial charge in [-0.3, -0.25) is 0 Å². The van der Waals surface area contributed by atoms with Crippen molar-refractivity contribution in [2.24, 2.45) is 0 Å². The molecule has 4 N–H and O–H groups in total. The SMILES string of the molecule is CCOC(=O)C1=C(C)NC(=S)NC1c1ccc(NC(=O)Nc2ccc(F)c(C)c2)cc1. The predicted octanol–water partition coefficient (Wildman–Crippen LogP) is 4.13. The van der Waals surface area contributed by atoms with Crippen LogP contribution in [0.1, 0.15) is 31.0 Å². The molecule has 0 bridgehead atoms. The van der Waals surface area contributed by atoms with Gasteiger partial charge in [-0.05, 0) is 74.4 Å². The van der Waals surface area contributed by atoms with E-state index in [2.05, 4.69) is 21.3 Å². The van der Waals surface area contributed by atoms with Crippen LogP contribution in [0.25, 0.3) is 0 Å². The number of anilines is 2. The minimum Gasteiger partial charge on any atom is -0.463 e. The van der Waals surface area contributed by atoms with Gasteiger partial charge in [-0.15, -0.1) is 0 Å². The molecule has 1 unspecified atom stereocenters. The standard InChI is InChI=1S/C22H23FN4O3S/c1-4-30-20(28)18-13(3)24-22(31)27-19(18)14-5-7-15(8-6-14)25-21(29)26-16-9-10-17(23)12(2)11-16/h5-11,19H,4H2,1-3H3,(H2,24,27,31)(H2,25,26,29). The van der Waals surface area contributed by atoms with Gasteiger partial charge in [-0.1, -0.05) is 12.1 Å². The van der Waals surface area contributed by atoms with Crippen molar-refractivity contribution in [3.8, 4) is 0 Å². The van der Waals surface area contributed by atoms with Gasteiger partial charge in [0.15, 0.2) is 5.11 Å².